The van der Waals surface area contributed by atoms with Crippen molar-refractivity contribution in [3.63, 3.8) is 0 Å². The van der Waals surface area contributed by atoms with Crippen LogP contribution in [0.4, 0.5) is 21.6 Å². The van der Waals surface area contributed by atoms with Crippen LogP contribution in [-0.2, 0) is 11.2 Å². The lowest BCUT2D eigenvalue weighted by Gasteiger charge is -2.15. The molecule has 3 N–H and O–H groups in total. The number of Topliss-reactive ketones (excluding diaryl/α,β-unsaturated/α-hetero) is 1. The molecule has 31 heavy (non-hydrogen) atoms. The van der Waals surface area contributed by atoms with Gasteiger partial charge in [-0.25, -0.2) is 9.37 Å². The number of halogens is 1. The Bertz CT molecular complexity index is 1180. The van der Waals surface area contributed by atoms with Crippen LogP contribution < -0.4 is 10.6 Å². The molecular formula is C24H23FN4O2. The lowest BCUT2D eigenvalue weighted by Crippen LogP contribution is -2.32. The molecule has 6 nitrogen and oxygen atoms in total. The third kappa shape index (κ3) is 3.60. The summed E-state index contributed by atoms with van der Waals surface area (Å²) >= 11 is 0. The number of hydrogen-bond donors (Lipinski definition) is 3. The van der Waals surface area contributed by atoms with Crippen molar-refractivity contribution in [1.29, 1.82) is 0 Å². The molecule has 1 amide bonds. The van der Waals surface area contributed by atoms with Crippen LogP contribution in [0, 0.1) is 11.8 Å². The van der Waals surface area contributed by atoms with Crippen LogP contribution in [0.2, 0.25) is 0 Å². The molecule has 2 unspecified atom stereocenters. The molecule has 2 atom stereocenters. The van der Waals surface area contributed by atoms with E-state index in [0.29, 0.717) is 11.5 Å². The van der Waals surface area contributed by atoms with Crippen LogP contribution in [0.1, 0.15) is 36.3 Å². The predicted octanol–water partition coefficient (Wildman–Crippen LogP) is 4.88. The van der Waals surface area contributed by atoms with Gasteiger partial charge < -0.3 is 15.6 Å². The second-order valence-electron chi connectivity index (χ2n) is 8.75. The molecule has 158 valence electrons. The first kappa shape index (κ1) is 19.5. The number of alkyl halides is 1. The monoisotopic (exact) mass is 418 g/mol. The Labute approximate surface area is 179 Å². The molecule has 0 aliphatic heterocycles. The molecule has 1 saturated carbocycles. The average molecular weight is 418 g/mol. The summed E-state index contributed by atoms with van der Waals surface area (Å²) in [6, 6.07) is 13.2. The van der Waals surface area contributed by atoms with Crippen LogP contribution >= 0.6 is 0 Å². The minimum absolute atomic E-state index is 0.117. The van der Waals surface area contributed by atoms with E-state index in [1.807, 2.05) is 30.3 Å². The number of ketones is 1. The van der Waals surface area contributed by atoms with E-state index in [1.165, 1.54) is 13.8 Å². The Hall–Kier alpha value is -3.48. The first-order chi connectivity index (χ1) is 14.8. The number of carbonyl (C=O) groups excluding carboxylic acids is 2. The van der Waals surface area contributed by atoms with Gasteiger partial charge >= 0.3 is 0 Å². The number of anilines is 3. The molecule has 2 aliphatic rings. The summed E-state index contributed by atoms with van der Waals surface area (Å²) < 4.78 is 13.9. The molecule has 1 aromatic carbocycles. The fraction of sp³-hybridized carbons (Fsp3) is 0.292. The lowest BCUT2D eigenvalue weighted by atomic mass is 9.95. The Kier molecular flexibility index (Phi) is 4.43. The summed E-state index contributed by atoms with van der Waals surface area (Å²) in [5, 5.41) is 5.93. The Morgan fingerprint density at radius 2 is 2.00 bits per heavy atom. The van der Waals surface area contributed by atoms with E-state index in [2.05, 4.69) is 20.6 Å². The number of amides is 1. The number of H-pyrrole nitrogens is 1. The van der Waals surface area contributed by atoms with Gasteiger partial charge in [0.15, 0.2) is 11.5 Å². The third-order valence-electron chi connectivity index (χ3n) is 5.92. The summed E-state index contributed by atoms with van der Waals surface area (Å²) in [7, 11) is 0. The van der Waals surface area contributed by atoms with Crippen molar-refractivity contribution in [1.82, 2.24) is 9.97 Å². The van der Waals surface area contributed by atoms with Gasteiger partial charge in [0.05, 0.1) is 16.9 Å². The second kappa shape index (κ2) is 7.04. The number of nitrogens with zero attached hydrogens (tertiary/aromatic N) is 1. The maximum absolute atomic E-state index is 13.9. The van der Waals surface area contributed by atoms with E-state index >= 15 is 0 Å². The van der Waals surface area contributed by atoms with Crippen molar-refractivity contribution in [2.24, 2.45) is 11.8 Å². The predicted molar refractivity (Wildman–Crippen MR) is 117 cm³/mol. The summed E-state index contributed by atoms with van der Waals surface area (Å²) in [5.74, 6) is 0.206. The van der Waals surface area contributed by atoms with Gasteiger partial charge in [0.2, 0.25) is 0 Å². The van der Waals surface area contributed by atoms with Gasteiger partial charge in [-0.3, -0.25) is 9.59 Å². The molecule has 2 heterocycles. The molecule has 0 saturated heterocycles. The normalized spacial score (nSPS) is 19.4. The number of benzene rings is 1. The van der Waals surface area contributed by atoms with Crippen molar-refractivity contribution in [3.8, 4) is 11.3 Å². The second-order valence-corrected chi connectivity index (χ2v) is 8.75. The highest BCUT2D eigenvalue weighted by Gasteiger charge is 2.49. The van der Waals surface area contributed by atoms with Gasteiger partial charge in [-0.2, -0.15) is 0 Å². The first-order valence-corrected chi connectivity index (χ1v) is 10.4. The van der Waals surface area contributed by atoms with Crippen LogP contribution in [0.25, 0.3) is 11.3 Å². The Balaban J connectivity index is 1.57. The van der Waals surface area contributed by atoms with Crippen molar-refractivity contribution < 1.29 is 14.0 Å². The minimum Gasteiger partial charge on any atom is -0.356 e. The molecule has 5 rings (SSSR count). The highest BCUT2D eigenvalue weighted by Crippen LogP contribution is 2.51. The van der Waals surface area contributed by atoms with Crippen LogP contribution in [0.5, 0.6) is 0 Å². The molecule has 0 radical (unpaired) electrons. The van der Waals surface area contributed by atoms with E-state index in [4.69, 9.17) is 0 Å². The van der Waals surface area contributed by atoms with E-state index in [1.54, 1.807) is 18.3 Å². The molecule has 2 aliphatic carbocycles. The summed E-state index contributed by atoms with van der Waals surface area (Å²) in [4.78, 5) is 32.7. The zero-order chi connectivity index (χ0) is 21.8. The highest BCUT2D eigenvalue weighted by atomic mass is 19.1. The van der Waals surface area contributed by atoms with Crippen molar-refractivity contribution >= 4 is 28.9 Å². The summed E-state index contributed by atoms with van der Waals surface area (Å²) in [5.41, 5.74) is 2.73. The van der Waals surface area contributed by atoms with Gasteiger partial charge in [0.25, 0.3) is 5.91 Å². The van der Waals surface area contributed by atoms with Crippen LogP contribution in [0.3, 0.4) is 0 Å². The molecule has 0 bridgehead atoms. The minimum atomic E-state index is -2.02. The number of aromatic amines is 1. The van der Waals surface area contributed by atoms with E-state index < -0.39 is 11.6 Å². The molecule has 2 aromatic heterocycles. The Morgan fingerprint density at radius 3 is 2.74 bits per heavy atom. The number of para-hydroxylation sites is 1. The van der Waals surface area contributed by atoms with E-state index in [0.717, 1.165) is 41.2 Å². The number of hydrogen-bond acceptors (Lipinski definition) is 4. The third-order valence-corrected chi connectivity index (χ3v) is 5.92. The highest BCUT2D eigenvalue weighted by molar-refractivity contribution is 6.10. The smallest absolute Gasteiger partial charge is 0.262 e. The van der Waals surface area contributed by atoms with Crippen LogP contribution in [-0.4, -0.2) is 27.3 Å². The van der Waals surface area contributed by atoms with E-state index in [9.17, 15) is 14.0 Å². The lowest BCUT2D eigenvalue weighted by molar-refractivity contribution is -0.125. The molecule has 7 heteroatoms. The quantitative estimate of drug-likeness (QED) is 0.551. The maximum Gasteiger partial charge on any atom is 0.262 e. The largest absolute Gasteiger partial charge is 0.356 e. The maximum atomic E-state index is 13.9. The number of fused-ring (bicyclic) bond motifs is 2. The van der Waals surface area contributed by atoms with Crippen LogP contribution in [0.15, 0.2) is 48.7 Å². The summed E-state index contributed by atoms with van der Waals surface area (Å²) in [6.07, 6.45) is 3.35. The molecule has 0 spiro atoms. The van der Waals surface area contributed by atoms with Crippen molar-refractivity contribution in [2.45, 2.75) is 32.4 Å². The number of rotatable bonds is 5. The van der Waals surface area contributed by atoms with Gasteiger partial charge in [0.1, 0.15) is 5.82 Å². The van der Waals surface area contributed by atoms with Crippen molar-refractivity contribution in [3.05, 3.63) is 59.9 Å². The molecule has 3 aromatic rings. The number of pyridine rings is 1. The van der Waals surface area contributed by atoms with Gasteiger partial charge in [-0.15, -0.1) is 0 Å². The van der Waals surface area contributed by atoms with Gasteiger partial charge in [0, 0.05) is 29.1 Å². The van der Waals surface area contributed by atoms with Gasteiger partial charge in [-0.1, -0.05) is 18.2 Å². The van der Waals surface area contributed by atoms with Crippen molar-refractivity contribution in [2.75, 3.05) is 10.6 Å². The van der Waals surface area contributed by atoms with Gasteiger partial charge in [-0.05, 0) is 56.9 Å². The van der Waals surface area contributed by atoms with E-state index in [-0.39, 0.29) is 17.5 Å². The fourth-order valence-electron chi connectivity index (χ4n) is 4.15. The Morgan fingerprint density at radius 1 is 1.23 bits per heavy atom. The standard InChI is InChI=1S/C24H23FN4O2/c1-24(2,25)23(31)29-18-12-13(8-9-26-18)20-21(27-15-6-4-3-5-7-15)19-17(28-20)11-14-10-16(14)22(19)30/h3-9,12,14,16,27-28H,10-11H2,1-2H3,(H,26,29,31). The zero-order valence-electron chi connectivity index (χ0n) is 17.3. The fourth-order valence-corrected chi connectivity index (χ4v) is 4.15. The topological polar surface area (TPSA) is 86.9 Å². The SMILES string of the molecule is CC(C)(F)C(=O)Nc1cc(-c2[nH]c3c(c2Nc2ccccc2)C(=O)C2CC2C3)ccn1. The average Bonchev–Trinajstić information content (AvgIpc) is 3.43. The number of nitrogens with one attached hydrogen (secondary N) is 3. The first-order valence-electron chi connectivity index (χ1n) is 10.4. The zero-order valence-corrected chi connectivity index (χ0v) is 17.3. The molecular weight excluding hydrogens is 395 g/mol. The summed E-state index contributed by atoms with van der Waals surface area (Å²) in [6.45, 7) is 2.40. The molecule has 1 fully saturated rings. The number of aromatic nitrogens is 2. The number of carbonyl (C=O) groups is 2.